The Morgan fingerprint density at radius 3 is 1.21 bits per heavy atom. The summed E-state index contributed by atoms with van der Waals surface area (Å²) in [5.41, 5.74) is 0. The fourth-order valence-corrected chi connectivity index (χ4v) is 8.90. The van der Waals surface area contributed by atoms with Gasteiger partial charge < -0.3 is 20.3 Å². The van der Waals surface area contributed by atoms with Crippen LogP contribution in [-0.2, 0) is 14.3 Å². The molecular formula is C61H113NO5. The van der Waals surface area contributed by atoms with Crippen LogP contribution in [0.5, 0.6) is 0 Å². The van der Waals surface area contributed by atoms with Crippen molar-refractivity contribution in [2.75, 3.05) is 6.61 Å². The van der Waals surface area contributed by atoms with E-state index in [1.807, 2.05) is 0 Å². The number of ether oxygens (including phenoxy) is 1. The highest BCUT2D eigenvalue weighted by Gasteiger charge is 2.24. The van der Waals surface area contributed by atoms with Crippen LogP contribution in [0.3, 0.4) is 0 Å². The second-order valence-electron chi connectivity index (χ2n) is 20.0. The molecule has 392 valence electrons. The third-order valence-electron chi connectivity index (χ3n) is 13.4. The number of nitrogens with one attached hydrogen (secondary N) is 1. The quantitative estimate of drug-likeness (QED) is 0.0321. The van der Waals surface area contributed by atoms with Gasteiger partial charge in [-0.2, -0.15) is 0 Å². The van der Waals surface area contributed by atoms with E-state index < -0.39 is 18.2 Å². The normalized spacial score (nSPS) is 13.4. The smallest absolute Gasteiger partial charge is 0.306 e. The van der Waals surface area contributed by atoms with Gasteiger partial charge in [0, 0.05) is 6.42 Å². The first-order valence-electron chi connectivity index (χ1n) is 29.4. The molecule has 0 fully saturated rings. The first-order valence-corrected chi connectivity index (χ1v) is 29.4. The van der Waals surface area contributed by atoms with Crippen LogP contribution >= 0.6 is 0 Å². The van der Waals surface area contributed by atoms with E-state index in [1.54, 1.807) is 0 Å². The topological polar surface area (TPSA) is 95.9 Å². The number of hydrogen-bond donors (Lipinski definition) is 3. The predicted molar refractivity (Wildman–Crippen MR) is 292 cm³/mol. The van der Waals surface area contributed by atoms with Crippen LogP contribution < -0.4 is 5.32 Å². The zero-order valence-electron chi connectivity index (χ0n) is 44.8. The Hall–Kier alpha value is -2.18. The third kappa shape index (κ3) is 50.0. The molecule has 0 spiro atoms. The standard InChI is InChI=1S/C61H113NO5/c1-4-7-10-13-16-19-22-25-27-29-30-31-33-36-39-42-45-48-51-54-61(66)67-57(52-49-46-43-40-37-35-32-28-26-23-20-17-14-11-8-5-2)55-60(65)62-58(56-63)59(64)53-50-47-44-41-38-34-24-21-18-15-12-9-6-3/h16,19,25,27,30-31,35,37,57-59,63-64H,4-15,17-18,20-24,26,28-29,32-34,36,38-56H2,1-3H3,(H,62,65)/b19-16-,27-25-,31-30-,37-35+. The van der Waals surface area contributed by atoms with Gasteiger partial charge >= 0.3 is 5.97 Å². The Balaban J connectivity index is 4.59. The van der Waals surface area contributed by atoms with Gasteiger partial charge in [0.2, 0.25) is 5.91 Å². The van der Waals surface area contributed by atoms with Crippen LogP contribution in [0.1, 0.15) is 303 Å². The highest BCUT2D eigenvalue weighted by atomic mass is 16.5. The molecule has 0 radical (unpaired) electrons. The molecule has 0 saturated heterocycles. The summed E-state index contributed by atoms with van der Waals surface area (Å²) < 4.78 is 5.96. The maximum Gasteiger partial charge on any atom is 0.306 e. The minimum Gasteiger partial charge on any atom is -0.462 e. The lowest BCUT2D eigenvalue weighted by atomic mass is 10.0. The van der Waals surface area contributed by atoms with Crippen molar-refractivity contribution in [1.82, 2.24) is 5.32 Å². The van der Waals surface area contributed by atoms with Crippen molar-refractivity contribution in [2.24, 2.45) is 0 Å². The van der Waals surface area contributed by atoms with Gasteiger partial charge in [0.1, 0.15) is 6.10 Å². The molecule has 0 aromatic heterocycles. The predicted octanol–water partition coefficient (Wildman–Crippen LogP) is 18.2. The second kappa shape index (κ2) is 54.8. The van der Waals surface area contributed by atoms with E-state index in [-0.39, 0.29) is 24.9 Å². The molecule has 3 unspecified atom stereocenters. The molecule has 6 heteroatoms. The number of aliphatic hydroxyl groups is 2. The first-order chi connectivity index (χ1) is 33.0. The van der Waals surface area contributed by atoms with Crippen molar-refractivity contribution < 1.29 is 24.5 Å². The van der Waals surface area contributed by atoms with E-state index in [0.717, 1.165) is 83.5 Å². The number of esters is 1. The second-order valence-corrected chi connectivity index (χ2v) is 20.0. The molecule has 0 aliphatic carbocycles. The van der Waals surface area contributed by atoms with Crippen molar-refractivity contribution >= 4 is 11.9 Å². The van der Waals surface area contributed by atoms with Gasteiger partial charge in [-0.05, 0) is 89.9 Å². The highest BCUT2D eigenvalue weighted by Crippen LogP contribution is 2.18. The lowest BCUT2D eigenvalue weighted by Crippen LogP contribution is -2.46. The van der Waals surface area contributed by atoms with Gasteiger partial charge in [0.05, 0.1) is 25.2 Å². The van der Waals surface area contributed by atoms with Gasteiger partial charge in [0.15, 0.2) is 0 Å². The van der Waals surface area contributed by atoms with Gasteiger partial charge in [-0.25, -0.2) is 0 Å². The summed E-state index contributed by atoms with van der Waals surface area (Å²) >= 11 is 0. The van der Waals surface area contributed by atoms with E-state index >= 15 is 0 Å². The number of carbonyl (C=O) groups is 2. The Morgan fingerprint density at radius 1 is 0.433 bits per heavy atom. The maximum absolute atomic E-state index is 13.3. The lowest BCUT2D eigenvalue weighted by molar-refractivity contribution is -0.151. The number of carbonyl (C=O) groups excluding carboxylic acids is 2. The van der Waals surface area contributed by atoms with Gasteiger partial charge in [0.25, 0.3) is 0 Å². The van der Waals surface area contributed by atoms with Gasteiger partial charge in [-0.15, -0.1) is 0 Å². The summed E-state index contributed by atoms with van der Waals surface area (Å²) in [4.78, 5) is 26.3. The van der Waals surface area contributed by atoms with Crippen molar-refractivity contribution in [1.29, 1.82) is 0 Å². The summed E-state index contributed by atoms with van der Waals surface area (Å²) in [6.45, 7) is 6.48. The molecule has 67 heavy (non-hydrogen) atoms. The molecule has 0 aliphatic heterocycles. The van der Waals surface area contributed by atoms with Crippen molar-refractivity contribution in [2.45, 2.75) is 322 Å². The minimum atomic E-state index is -0.794. The fourth-order valence-electron chi connectivity index (χ4n) is 8.90. The molecule has 6 nitrogen and oxygen atoms in total. The third-order valence-corrected chi connectivity index (χ3v) is 13.4. The van der Waals surface area contributed by atoms with Crippen LogP contribution in [-0.4, -0.2) is 46.9 Å². The summed E-state index contributed by atoms with van der Waals surface area (Å²) in [7, 11) is 0. The number of hydrogen-bond acceptors (Lipinski definition) is 5. The number of amides is 1. The van der Waals surface area contributed by atoms with Gasteiger partial charge in [-0.1, -0.05) is 249 Å². The van der Waals surface area contributed by atoms with Gasteiger partial charge in [-0.3, -0.25) is 9.59 Å². The Bertz CT molecular complexity index is 1150. The summed E-state index contributed by atoms with van der Waals surface area (Å²) in [5.74, 6) is -0.492. The van der Waals surface area contributed by atoms with E-state index in [2.05, 4.69) is 74.7 Å². The number of allylic oxidation sites excluding steroid dienone is 8. The zero-order valence-corrected chi connectivity index (χ0v) is 44.8. The highest BCUT2D eigenvalue weighted by molar-refractivity contribution is 5.77. The average molecular weight is 941 g/mol. The zero-order chi connectivity index (χ0) is 48.8. The van der Waals surface area contributed by atoms with Crippen LogP contribution in [0, 0.1) is 0 Å². The SMILES string of the molecule is CCCCC/C=C\C/C=C\C/C=C\CCCCCCCCC(=O)OC(CCCCC/C=C/CCCCCCCCCCC)CC(=O)NC(CO)C(O)CCCCCCCCCCCCCCC. The summed E-state index contributed by atoms with van der Waals surface area (Å²) in [6.07, 6.45) is 67.4. The first kappa shape index (κ1) is 64.8. The Labute approximate surface area is 416 Å². The van der Waals surface area contributed by atoms with E-state index in [1.165, 1.54) is 173 Å². The number of rotatable bonds is 53. The fraction of sp³-hybridized carbons (Fsp3) is 0.836. The number of unbranched alkanes of at least 4 members (excludes halogenated alkanes) is 33. The molecule has 0 aliphatic rings. The van der Waals surface area contributed by atoms with Crippen molar-refractivity contribution in [3.05, 3.63) is 48.6 Å². The Kier molecular flexibility index (Phi) is 53.0. The van der Waals surface area contributed by atoms with Crippen LogP contribution in [0.4, 0.5) is 0 Å². The van der Waals surface area contributed by atoms with Crippen LogP contribution in [0.25, 0.3) is 0 Å². The van der Waals surface area contributed by atoms with Crippen LogP contribution in [0.2, 0.25) is 0 Å². The molecule has 0 aromatic rings. The van der Waals surface area contributed by atoms with E-state index in [0.29, 0.717) is 19.3 Å². The number of aliphatic hydroxyl groups excluding tert-OH is 2. The molecular weight excluding hydrogens is 827 g/mol. The van der Waals surface area contributed by atoms with E-state index in [9.17, 15) is 19.8 Å². The van der Waals surface area contributed by atoms with Crippen molar-refractivity contribution in [3.8, 4) is 0 Å². The molecule has 0 saturated carbocycles. The minimum absolute atomic E-state index is 0.0631. The van der Waals surface area contributed by atoms with Crippen LogP contribution in [0.15, 0.2) is 48.6 Å². The Morgan fingerprint density at radius 2 is 0.761 bits per heavy atom. The molecule has 0 rings (SSSR count). The molecule has 0 bridgehead atoms. The summed E-state index contributed by atoms with van der Waals surface area (Å²) in [6, 6.07) is -0.709. The molecule has 0 heterocycles. The molecule has 1 amide bonds. The molecule has 3 N–H and O–H groups in total. The maximum atomic E-state index is 13.3. The monoisotopic (exact) mass is 940 g/mol. The average Bonchev–Trinajstić information content (AvgIpc) is 3.32. The lowest BCUT2D eigenvalue weighted by Gasteiger charge is -2.24. The van der Waals surface area contributed by atoms with E-state index in [4.69, 9.17) is 4.74 Å². The molecule has 0 aromatic carbocycles. The van der Waals surface area contributed by atoms with Crippen molar-refractivity contribution in [3.63, 3.8) is 0 Å². The summed E-state index contributed by atoms with van der Waals surface area (Å²) in [5, 5.41) is 23.9. The largest absolute Gasteiger partial charge is 0.462 e. The molecule has 3 atom stereocenters.